The SMILES string of the molecule is CC.CC(C)=C/C=C(\C)O. The van der Waals surface area contributed by atoms with E-state index in [0.29, 0.717) is 5.76 Å². The lowest BCUT2D eigenvalue weighted by molar-refractivity contribution is 0.414. The maximum Gasteiger partial charge on any atom is 0.0891 e. The Morgan fingerprint density at radius 2 is 1.40 bits per heavy atom. The standard InChI is InChI=1S/C7H12O.C2H6/c1-6(2)4-5-7(3)8;1-2/h4-5,8H,1-3H3;1-2H3/b7-5+;. The van der Waals surface area contributed by atoms with Crippen molar-refractivity contribution in [1.29, 1.82) is 0 Å². The van der Waals surface area contributed by atoms with Crippen molar-refractivity contribution in [2.75, 3.05) is 0 Å². The lowest BCUT2D eigenvalue weighted by Crippen LogP contribution is -1.66. The summed E-state index contributed by atoms with van der Waals surface area (Å²) in [6.45, 7) is 9.62. The molecule has 0 rings (SSSR count). The van der Waals surface area contributed by atoms with Gasteiger partial charge in [-0.3, -0.25) is 0 Å². The molecule has 60 valence electrons. The van der Waals surface area contributed by atoms with Gasteiger partial charge in [-0.15, -0.1) is 0 Å². The molecule has 0 aromatic rings. The Bertz CT molecular complexity index is 96.7. The molecule has 0 aliphatic rings. The van der Waals surface area contributed by atoms with E-state index in [9.17, 15) is 0 Å². The summed E-state index contributed by atoms with van der Waals surface area (Å²) in [6.07, 6.45) is 3.55. The zero-order valence-corrected chi connectivity index (χ0v) is 7.60. The fraction of sp³-hybridized carbons (Fsp3) is 0.556. The Labute approximate surface area is 64.1 Å². The average Bonchev–Trinajstić information content (AvgIpc) is 1.89. The molecule has 1 N–H and O–H groups in total. The minimum absolute atomic E-state index is 0.353. The van der Waals surface area contributed by atoms with Gasteiger partial charge in [-0.05, 0) is 26.8 Å². The van der Waals surface area contributed by atoms with Gasteiger partial charge in [0.05, 0.1) is 5.76 Å². The second-order valence-electron chi connectivity index (χ2n) is 2.05. The Morgan fingerprint density at radius 3 is 1.50 bits per heavy atom. The van der Waals surface area contributed by atoms with Gasteiger partial charge in [0.2, 0.25) is 0 Å². The fourth-order valence-electron chi connectivity index (χ4n) is 0.287. The molecular formula is C9H18O. The van der Waals surface area contributed by atoms with Gasteiger partial charge < -0.3 is 5.11 Å². The normalized spacial score (nSPS) is 9.50. The van der Waals surface area contributed by atoms with Crippen molar-refractivity contribution in [3.8, 4) is 0 Å². The summed E-state index contributed by atoms with van der Waals surface area (Å²) < 4.78 is 0. The van der Waals surface area contributed by atoms with Crippen LogP contribution in [0.2, 0.25) is 0 Å². The molecule has 0 amide bonds. The number of allylic oxidation sites excluding steroid dienone is 4. The molecule has 1 heteroatoms. The van der Waals surface area contributed by atoms with Gasteiger partial charge in [-0.25, -0.2) is 0 Å². The van der Waals surface area contributed by atoms with Gasteiger partial charge in [-0.1, -0.05) is 25.5 Å². The fourth-order valence-corrected chi connectivity index (χ4v) is 0.287. The number of hydrogen-bond acceptors (Lipinski definition) is 1. The van der Waals surface area contributed by atoms with Crippen LogP contribution >= 0.6 is 0 Å². The van der Waals surface area contributed by atoms with Crippen molar-refractivity contribution in [3.05, 3.63) is 23.5 Å². The van der Waals surface area contributed by atoms with Crippen LogP contribution in [0, 0.1) is 0 Å². The topological polar surface area (TPSA) is 20.2 Å². The van der Waals surface area contributed by atoms with Gasteiger partial charge >= 0.3 is 0 Å². The van der Waals surface area contributed by atoms with Gasteiger partial charge in [0.25, 0.3) is 0 Å². The van der Waals surface area contributed by atoms with Crippen molar-refractivity contribution in [3.63, 3.8) is 0 Å². The van der Waals surface area contributed by atoms with E-state index in [1.165, 1.54) is 5.57 Å². The molecule has 0 saturated heterocycles. The second kappa shape index (κ2) is 8.28. The van der Waals surface area contributed by atoms with E-state index in [0.717, 1.165) is 0 Å². The zero-order valence-electron chi connectivity index (χ0n) is 7.60. The first-order chi connectivity index (χ1) is 4.63. The van der Waals surface area contributed by atoms with Crippen LogP contribution in [-0.4, -0.2) is 5.11 Å². The highest BCUT2D eigenvalue weighted by Crippen LogP contribution is 1.91. The molecule has 0 aliphatic heterocycles. The smallest absolute Gasteiger partial charge is 0.0891 e. The third kappa shape index (κ3) is 15.7. The van der Waals surface area contributed by atoms with E-state index in [4.69, 9.17) is 5.11 Å². The van der Waals surface area contributed by atoms with E-state index in [1.807, 2.05) is 33.8 Å². The third-order valence-corrected chi connectivity index (χ3v) is 0.658. The molecule has 0 saturated carbocycles. The van der Waals surface area contributed by atoms with E-state index in [2.05, 4.69) is 0 Å². The van der Waals surface area contributed by atoms with E-state index in [-0.39, 0.29) is 0 Å². The first kappa shape index (κ1) is 12.0. The number of hydrogen-bond donors (Lipinski definition) is 1. The summed E-state index contributed by atoms with van der Waals surface area (Å²) in [4.78, 5) is 0. The summed E-state index contributed by atoms with van der Waals surface area (Å²) in [7, 11) is 0. The summed E-state index contributed by atoms with van der Waals surface area (Å²) in [5.41, 5.74) is 1.19. The first-order valence-corrected chi connectivity index (χ1v) is 3.63. The minimum Gasteiger partial charge on any atom is -0.513 e. The number of aliphatic hydroxyl groups excluding tert-OH is 1. The zero-order chi connectivity index (χ0) is 8.57. The van der Waals surface area contributed by atoms with Gasteiger partial charge in [-0.2, -0.15) is 0 Å². The molecule has 0 fully saturated rings. The van der Waals surface area contributed by atoms with Crippen LogP contribution in [0.4, 0.5) is 0 Å². The summed E-state index contributed by atoms with van der Waals surface area (Å²) in [5, 5.41) is 8.62. The maximum absolute atomic E-state index is 8.62. The summed E-state index contributed by atoms with van der Waals surface area (Å²) in [5.74, 6) is 0.353. The molecule has 0 atom stereocenters. The lowest BCUT2D eigenvalue weighted by Gasteiger charge is -1.83. The molecule has 0 bridgehead atoms. The molecule has 0 spiro atoms. The molecule has 0 aliphatic carbocycles. The molecular weight excluding hydrogens is 124 g/mol. The highest BCUT2D eigenvalue weighted by Gasteiger charge is 1.73. The van der Waals surface area contributed by atoms with Crippen molar-refractivity contribution in [2.45, 2.75) is 34.6 Å². The van der Waals surface area contributed by atoms with Crippen LogP contribution in [0.3, 0.4) is 0 Å². The largest absolute Gasteiger partial charge is 0.513 e. The molecule has 0 aromatic carbocycles. The molecule has 0 heterocycles. The Hall–Kier alpha value is -0.720. The highest BCUT2D eigenvalue weighted by atomic mass is 16.3. The van der Waals surface area contributed by atoms with Crippen molar-refractivity contribution >= 4 is 0 Å². The predicted molar refractivity (Wildman–Crippen MR) is 47.2 cm³/mol. The Kier molecular flexibility index (Phi) is 9.94. The van der Waals surface area contributed by atoms with E-state index in [1.54, 1.807) is 13.0 Å². The Balaban J connectivity index is 0. The first-order valence-electron chi connectivity index (χ1n) is 3.63. The van der Waals surface area contributed by atoms with Gasteiger partial charge in [0, 0.05) is 0 Å². The monoisotopic (exact) mass is 142 g/mol. The number of aliphatic hydroxyl groups is 1. The van der Waals surface area contributed by atoms with Crippen LogP contribution < -0.4 is 0 Å². The van der Waals surface area contributed by atoms with Crippen LogP contribution in [-0.2, 0) is 0 Å². The maximum atomic E-state index is 8.62. The predicted octanol–water partition coefficient (Wildman–Crippen LogP) is 3.44. The van der Waals surface area contributed by atoms with E-state index >= 15 is 0 Å². The minimum atomic E-state index is 0.353. The van der Waals surface area contributed by atoms with Gasteiger partial charge in [0.15, 0.2) is 0 Å². The van der Waals surface area contributed by atoms with E-state index < -0.39 is 0 Å². The summed E-state index contributed by atoms with van der Waals surface area (Å²) >= 11 is 0. The van der Waals surface area contributed by atoms with Crippen molar-refractivity contribution < 1.29 is 5.11 Å². The molecule has 10 heavy (non-hydrogen) atoms. The molecule has 0 aromatic heterocycles. The lowest BCUT2D eigenvalue weighted by atomic mass is 10.3. The molecule has 1 nitrogen and oxygen atoms in total. The quantitative estimate of drug-likeness (QED) is 0.439. The average molecular weight is 142 g/mol. The highest BCUT2D eigenvalue weighted by molar-refractivity contribution is 5.09. The third-order valence-electron chi connectivity index (χ3n) is 0.658. The van der Waals surface area contributed by atoms with Crippen LogP contribution in [0.5, 0.6) is 0 Å². The molecule has 0 radical (unpaired) electrons. The van der Waals surface area contributed by atoms with Gasteiger partial charge in [0.1, 0.15) is 0 Å². The van der Waals surface area contributed by atoms with Crippen molar-refractivity contribution in [2.24, 2.45) is 0 Å². The van der Waals surface area contributed by atoms with Crippen LogP contribution in [0.25, 0.3) is 0 Å². The second-order valence-corrected chi connectivity index (χ2v) is 2.05. The van der Waals surface area contributed by atoms with Crippen LogP contribution in [0.1, 0.15) is 34.6 Å². The molecule has 0 unspecified atom stereocenters. The van der Waals surface area contributed by atoms with Crippen molar-refractivity contribution in [1.82, 2.24) is 0 Å². The Morgan fingerprint density at radius 1 is 1.00 bits per heavy atom. The summed E-state index contributed by atoms with van der Waals surface area (Å²) in [6, 6.07) is 0. The number of rotatable bonds is 1. The van der Waals surface area contributed by atoms with Crippen LogP contribution in [0.15, 0.2) is 23.5 Å².